The van der Waals surface area contributed by atoms with Gasteiger partial charge in [-0.1, -0.05) is 102 Å². The van der Waals surface area contributed by atoms with E-state index in [9.17, 15) is 5.11 Å². The molecule has 0 aliphatic carbocycles. The number of fused-ring (bicyclic) bond motifs is 1. The molecule has 0 aliphatic rings. The summed E-state index contributed by atoms with van der Waals surface area (Å²) < 4.78 is 14.4. The molecule has 0 saturated heterocycles. The van der Waals surface area contributed by atoms with Gasteiger partial charge in [0.2, 0.25) is 0 Å². The summed E-state index contributed by atoms with van der Waals surface area (Å²) in [6.07, 6.45) is 13.2. The Morgan fingerprint density at radius 2 is 1.43 bits per heavy atom. The van der Waals surface area contributed by atoms with Crippen molar-refractivity contribution < 1.29 is 14.6 Å². The van der Waals surface area contributed by atoms with E-state index in [1.807, 2.05) is 48.5 Å². The first-order valence-electron chi connectivity index (χ1n) is 14.3. The summed E-state index contributed by atoms with van der Waals surface area (Å²) in [5, 5.41) is 9.71. The Kier molecular flexibility index (Phi) is 12.5. The van der Waals surface area contributed by atoms with Crippen LogP contribution in [-0.2, 0) is 11.5 Å². The summed E-state index contributed by atoms with van der Waals surface area (Å²) in [4.78, 5) is 4.86. The molecule has 1 atom stereocenters. The van der Waals surface area contributed by atoms with Gasteiger partial charge in [-0.05, 0) is 42.5 Å². The molecule has 0 fully saturated rings. The number of unbranched alkanes of at least 4 members (excludes halogenated alkanes) is 8. The number of hydrogen-bond acceptors (Lipinski definition) is 4. The molecule has 1 N–H and O–H groups in total. The lowest BCUT2D eigenvalue weighted by molar-refractivity contribution is 0.0659. The Morgan fingerprint density at radius 3 is 2.11 bits per heavy atom. The Labute approximate surface area is 224 Å². The van der Waals surface area contributed by atoms with Crippen LogP contribution in [0.4, 0.5) is 0 Å². The van der Waals surface area contributed by atoms with Gasteiger partial charge in [-0.25, -0.2) is 4.98 Å². The summed E-state index contributed by atoms with van der Waals surface area (Å²) in [5.41, 5.74) is 2.42. The molecule has 2 aromatic carbocycles. The van der Waals surface area contributed by atoms with Crippen LogP contribution in [0.5, 0.6) is 5.75 Å². The Balaban J connectivity index is 1.41. The molecule has 0 amide bonds. The van der Waals surface area contributed by atoms with Crippen LogP contribution in [0.25, 0.3) is 11.0 Å². The van der Waals surface area contributed by atoms with Crippen molar-refractivity contribution in [3.63, 3.8) is 0 Å². The predicted molar refractivity (Wildman–Crippen MR) is 153 cm³/mol. The van der Waals surface area contributed by atoms with Crippen molar-refractivity contribution in [2.24, 2.45) is 5.41 Å². The maximum Gasteiger partial charge on any atom is 0.158 e. The average Bonchev–Trinajstić information content (AvgIpc) is 3.25. The van der Waals surface area contributed by atoms with Gasteiger partial charge in [0.05, 0.1) is 11.0 Å². The van der Waals surface area contributed by atoms with Crippen LogP contribution in [0, 0.1) is 5.41 Å². The lowest BCUT2D eigenvalue weighted by Crippen LogP contribution is -2.17. The van der Waals surface area contributed by atoms with Crippen molar-refractivity contribution in [3.8, 4) is 5.75 Å². The molecule has 1 aromatic heterocycles. The third kappa shape index (κ3) is 10.5. The Hall–Kier alpha value is -2.37. The molecule has 204 valence electrons. The fraction of sp³-hybridized carbons (Fsp3) is 0.594. The number of aliphatic hydroxyl groups excluding tert-OH is 1. The standard InChI is InChI=1S/C32H48N2O3/c1-32(2,3)23-16-9-7-5-4-6-8-10-17-25-36-26-34-29-21-15-14-20-28(29)33-31(34)30(22-24-35)37-27-18-12-11-13-19-27/h11-15,18-21,30,35H,4-10,16-17,22-26H2,1-3H3. The predicted octanol–water partition coefficient (Wildman–Crippen LogP) is 8.46. The molecular formula is C32H48N2O3. The highest BCUT2D eigenvalue weighted by atomic mass is 16.5. The number of para-hydroxylation sites is 3. The molecule has 0 spiro atoms. The highest BCUT2D eigenvalue weighted by Gasteiger charge is 2.22. The monoisotopic (exact) mass is 508 g/mol. The minimum atomic E-state index is -0.350. The maximum atomic E-state index is 9.71. The second-order valence-corrected chi connectivity index (χ2v) is 11.3. The zero-order valence-electron chi connectivity index (χ0n) is 23.3. The normalized spacial score (nSPS) is 12.8. The van der Waals surface area contributed by atoms with Crippen LogP contribution in [0.15, 0.2) is 54.6 Å². The van der Waals surface area contributed by atoms with Crippen LogP contribution in [-0.4, -0.2) is 27.9 Å². The van der Waals surface area contributed by atoms with E-state index in [0.717, 1.165) is 35.6 Å². The van der Waals surface area contributed by atoms with E-state index in [2.05, 4.69) is 31.4 Å². The molecule has 0 saturated carbocycles. The van der Waals surface area contributed by atoms with E-state index < -0.39 is 0 Å². The zero-order valence-corrected chi connectivity index (χ0v) is 23.3. The Morgan fingerprint density at radius 1 is 0.811 bits per heavy atom. The molecule has 1 heterocycles. The average molecular weight is 509 g/mol. The van der Waals surface area contributed by atoms with Gasteiger partial charge in [-0.3, -0.25) is 0 Å². The first-order valence-corrected chi connectivity index (χ1v) is 14.3. The number of benzene rings is 2. The van der Waals surface area contributed by atoms with Crippen LogP contribution in [0.2, 0.25) is 0 Å². The summed E-state index contributed by atoms with van der Waals surface area (Å²) in [6.45, 7) is 8.21. The summed E-state index contributed by atoms with van der Waals surface area (Å²) in [6, 6.07) is 17.8. The van der Waals surface area contributed by atoms with Crippen molar-refractivity contribution in [2.45, 2.75) is 104 Å². The highest BCUT2D eigenvalue weighted by molar-refractivity contribution is 5.76. The van der Waals surface area contributed by atoms with Gasteiger partial charge in [-0.15, -0.1) is 0 Å². The second kappa shape index (κ2) is 15.8. The number of imidazole rings is 1. The van der Waals surface area contributed by atoms with Crippen LogP contribution < -0.4 is 4.74 Å². The van der Waals surface area contributed by atoms with E-state index in [1.165, 1.54) is 57.8 Å². The molecule has 5 nitrogen and oxygen atoms in total. The number of rotatable bonds is 18. The molecule has 5 heteroatoms. The van der Waals surface area contributed by atoms with E-state index in [-0.39, 0.29) is 12.7 Å². The van der Waals surface area contributed by atoms with Crippen LogP contribution in [0.1, 0.15) is 103 Å². The smallest absolute Gasteiger partial charge is 0.158 e. The second-order valence-electron chi connectivity index (χ2n) is 11.3. The van der Waals surface area contributed by atoms with Crippen LogP contribution in [0.3, 0.4) is 0 Å². The van der Waals surface area contributed by atoms with Crippen molar-refractivity contribution >= 4 is 11.0 Å². The van der Waals surface area contributed by atoms with E-state index in [4.69, 9.17) is 14.5 Å². The largest absolute Gasteiger partial charge is 0.482 e. The third-order valence-corrected chi connectivity index (χ3v) is 6.82. The van der Waals surface area contributed by atoms with Gasteiger partial charge in [0.1, 0.15) is 12.5 Å². The number of aliphatic hydroxyl groups is 1. The lowest BCUT2D eigenvalue weighted by atomic mass is 9.89. The lowest BCUT2D eigenvalue weighted by Gasteiger charge is -2.20. The van der Waals surface area contributed by atoms with Gasteiger partial charge in [0, 0.05) is 19.6 Å². The fourth-order valence-corrected chi connectivity index (χ4v) is 4.75. The molecule has 1 unspecified atom stereocenters. The highest BCUT2D eigenvalue weighted by Crippen LogP contribution is 2.28. The van der Waals surface area contributed by atoms with Crippen molar-refractivity contribution in [1.29, 1.82) is 0 Å². The molecule has 0 bridgehead atoms. The molecule has 0 radical (unpaired) electrons. The molecular weight excluding hydrogens is 460 g/mol. The topological polar surface area (TPSA) is 56.5 Å². The number of hydrogen-bond donors (Lipinski definition) is 1. The Bertz CT molecular complexity index is 1010. The molecule has 37 heavy (non-hydrogen) atoms. The number of ether oxygens (including phenoxy) is 2. The van der Waals surface area contributed by atoms with Gasteiger partial charge in [-0.2, -0.15) is 0 Å². The van der Waals surface area contributed by atoms with Gasteiger partial charge in [0.15, 0.2) is 11.9 Å². The van der Waals surface area contributed by atoms with Gasteiger partial charge in [0.25, 0.3) is 0 Å². The molecule has 0 aliphatic heterocycles. The van der Waals surface area contributed by atoms with Crippen molar-refractivity contribution in [2.75, 3.05) is 13.2 Å². The minimum Gasteiger partial charge on any atom is -0.482 e. The molecule has 3 rings (SSSR count). The third-order valence-electron chi connectivity index (χ3n) is 6.82. The van der Waals surface area contributed by atoms with Gasteiger partial charge < -0.3 is 19.1 Å². The maximum absolute atomic E-state index is 9.71. The van der Waals surface area contributed by atoms with Crippen LogP contribution >= 0.6 is 0 Å². The quantitative estimate of drug-likeness (QED) is 0.175. The molecule has 3 aromatic rings. The van der Waals surface area contributed by atoms with E-state index in [0.29, 0.717) is 18.6 Å². The first-order chi connectivity index (χ1) is 18.0. The zero-order chi connectivity index (χ0) is 26.3. The van der Waals surface area contributed by atoms with Crippen molar-refractivity contribution in [1.82, 2.24) is 9.55 Å². The van der Waals surface area contributed by atoms with Gasteiger partial charge >= 0.3 is 0 Å². The van der Waals surface area contributed by atoms with E-state index in [1.54, 1.807) is 0 Å². The minimum absolute atomic E-state index is 0.0263. The number of nitrogens with zero attached hydrogens (tertiary/aromatic N) is 2. The summed E-state index contributed by atoms with van der Waals surface area (Å²) in [5.74, 6) is 1.56. The van der Waals surface area contributed by atoms with E-state index >= 15 is 0 Å². The fourth-order valence-electron chi connectivity index (χ4n) is 4.75. The van der Waals surface area contributed by atoms with Crippen molar-refractivity contribution in [3.05, 3.63) is 60.4 Å². The summed E-state index contributed by atoms with van der Waals surface area (Å²) >= 11 is 0. The first kappa shape index (κ1) is 29.2. The summed E-state index contributed by atoms with van der Waals surface area (Å²) in [7, 11) is 0. The SMILES string of the molecule is CC(C)(C)CCCCCCCCCCCOCn1c(C(CCO)Oc2ccccc2)nc2ccccc21. The number of aromatic nitrogens is 2.